The largest absolute Gasteiger partial charge is 0.459 e. The second kappa shape index (κ2) is 8.41. The van der Waals surface area contributed by atoms with Crippen LogP contribution >= 0.6 is 12.2 Å². The molecule has 0 bridgehead atoms. The van der Waals surface area contributed by atoms with Crippen molar-refractivity contribution in [2.24, 2.45) is 0 Å². The zero-order chi connectivity index (χ0) is 19.2. The summed E-state index contributed by atoms with van der Waals surface area (Å²) in [6.45, 7) is 0.250. The Kier molecular flexibility index (Phi) is 5.77. The minimum atomic E-state index is -0.902. The zero-order valence-corrected chi connectivity index (χ0v) is 14.8. The normalized spacial score (nSPS) is 10.3. The van der Waals surface area contributed by atoms with E-state index in [1.807, 2.05) is 0 Å². The summed E-state index contributed by atoms with van der Waals surface area (Å²) >= 11 is 5.18. The molecule has 1 amide bonds. The Morgan fingerprint density at radius 2 is 1.67 bits per heavy atom. The number of benzene rings is 2. The van der Waals surface area contributed by atoms with E-state index in [0.717, 1.165) is 12.1 Å². The number of rotatable bonds is 5. The summed E-state index contributed by atoms with van der Waals surface area (Å²) in [5.74, 6) is -1.91. The van der Waals surface area contributed by atoms with Crippen LogP contribution < -0.4 is 16.0 Å². The number of hydrogen-bond acceptors (Lipinski definition) is 3. The average molecular weight is 387 g/mol. The molecular formula is C19H15F2N3O2S. The third-order valence-electron chi connectivity index (χ3n) is 3.58. The van der Waals surface area contributed by atoms with Crippen molar-refractivity contribution in [3.05, 3.63) is 83.8 Å². The Labute approximate surface area is 159 Å². The highest BCUT2D eigenvalue weighted by atomic mass is 32.1. The molecule has 3 aromatic rings. The SMILES string of the molecule is O=C(Nc1ccc(NC(=S)NCc2ccc(F)c(F)c2)cc1)c1ccco1. The quantitative estimate of drug-likeness (QED) is 0.570. The Morgan fingerprint density at radius 3 is 2.30 bits per heavy atom. The van der Waals surface area contributed by atoms with Crippen molar-refractivity contribution >= 4 is 34.6 Å². The lowest BCUT2D eigenvalue weighted by molar-refractivity contribution is 0.0996. The van der Waals surface area contributed by atoms with Gasteiger partial charge in [-0.3, -0.25) is 4.79 Å². The molecule has 8 heteroatoms. The van der Waals surface area contributed by atoms with Gasteiger partial charge in [-0.1, -0.05) is 6.07 Å². The Bertz CT molecular complexity index is 944. The predicted octanol–water partition coefficient (Wildman–Crippen LogP) is 4.30. The van der Waals surface area contributed by atoms with Gasteiger partial charge in [0.05, 0.1) is 6.26 Å². The van der Waals surface area contributed by atoms with Crippen molar-refractivity contribution in [2.75, 3.05) is 10.6 Å². The molecule has 0 aliphatic carbocycles. The highest BCUT2D eigenvalue weighted by molar-refractivity contribution is 7.80. The van der Waals surface area contributed by atoms with Gasteiger partial charge < -0.3 is 20.4 Å². The number of halogens is 2. The molecule has 3 rings (SSSR count). The van der Waals surface area contributed by atoms with Crippen LogP contribution in [0.2, 0.25) is 0 Å². The van der Waals surface area contributed by atoms with Crippen LogP contribution in [0.1, 0.15) is 16.1 Å². The lowest BCUT2D eigenvalue weighted by Crippen LogP contribution is -2.27. The summed E-state index contributed by atoms with van der Waals surface area (Å²) in [6.07, 6.45) is 1.43. The van der Waals surface area contributed by atoms with Crippen molar-refractivity contribution in [3.8, 4) is 0 Å². The Hall–Kier alpha value is -3.26. The highest BCUT2D eigenvalue weighted by Crippen LogP contribution is 2.15. The molecular weight excluding hydrogens is 372 g/mol. The van der Waals surface area contributed by atoms with Gasteiger partial charge >= 0.3 is 0 Å². The number of amides is 1. The molecule has 1 heterocycles. The van der Waals surface area contributed by atoms with Crippen LogP contribution in [0.5, 0.6) is 0 Å². The van der Waals surface area contributed by atoms with E-state index in [2.05, 4.69) is 16.0 Å². The summed E-state index contributed by atoms with van der Waals surface area (Å²) < 4.78 is 31.1. The molecule has 0 aliphatic rings. The van der Waals surface area contributed by atoms with Crippen molar-refractivity contribution in [3.63, 3.8) is 0 Å². The van der Waals surface area contributed by atoms with Gasteiger partial charge in [0, 0.05) is 17.9 Å². The monoisotopic (exact) mass is 387 g/mol. The molecule has 0 saturated carbocycles. The van der Waals surface area contributed by atoms with Gasteiger partial charge in [0.15, 0.2) is 22.5 Å². The fourth-order valence-electron chi connectivity index (χ4n) is 2.24. The van der Waals surface area contributed by atoms with Crippen molar-refractivity contribution in [1.82, 2.24) is 5.32 Å². The van der Waals surface area contributed by atoms with E-state index in [1.54, 1.807) is 36.4 Å². The first-order chi connectivity index (χ1) is 13.0. The average Bonchev–Trinajstić information content (AvgIpc) is 3.19. The Morgan fingerprint density at radius 1 is 0.963 bits per heavy atom. The van der Waals surface area contributed by atoms with Crippen molar-refractivity contribution in [2.45, 2.75) is 6.54 Å². The van der Waals surface area contributed by atoms with Gasteiger partial charge in [-0.2, -0.15) is 0 Å². The van der Waals surface area contributed by atoms with Gasteiger partial charge in [0.1, 0.15) is 0 Å². The molecule has 0 atom stereocenters. The minimum absolute atomic E-state index is 0.222. The van der Waals surface area contributed by atoms with Crippen LogP contribution in [0, 0.1) is 11.6 Å². The van der Waals surface area contributed by atoms with E-state index in [1.165, 1.54) is 12.3 Å². The molecule has 0 saturated heterocycles. The number of carbonyl (C=O) groups is 1. The molecule has 27 heavy (non-hydrogen) atoms. The molecule has 0 aliphatic heterocycles. The lowest BCUT2D eigenvalue weighted by Gasteiger charge is -2.11. The maximum atomic E-state index is 13.2. The number of nitrogens with one attached hydrogen (secondary N) is 3. The second-order valence-electron chi connectivity index (χ2n) is 5.56. The molecule has 0 spiro atoms. The fraction of sp³-hybridized carbons (Fsp3) is 0.0526. The smallest absolute Gasteiger partial charge is 0.291 e. The molecule has 0 radical (unpaired) electrons. The first-order valence-electron chi connectivity index (χ1n) is 7.95. The van der Waals surface area contributed by atoms with E-state index in [0.29, 0.717) is 22.1 Å². The van der Waals surface area contributed by atoms with E-state index >= 15 is 0 Å². The molecule has 0 fully saturated rings. The summed E-state index contributed by atoms with van der Waals surface area (Å²) in [5.41, 5.74) is 1.87. The van der Waals surface area contributed by atoms with E-state index < -0.39 is 11.6 Å². The third kappa shape index (κ3) is 5.11. The second-order valence-corrected chi connectivity index (χ2v) is 5.97. The highest BCUT2D eigenvalue weighted by Gasteiger charge is 2.08. The summed E-state index contributed by atoms with van der Waals surface area (Å²) in [6, 6.07) is 13.8. The molecule has 3 N–H and O–H groups in total. The first-order valence-corrected chi connectivity index (χ1v) is 8.36. The van der Waals surface area contributed by atoms with Crippen LogP contribution in [-0.2, 0) is 6.54 Å². The maximum Gasteiger partial charge on any atom is 0.291 e. The van der Waals surface area contributed by atoms with Gasteiger partial charge in [-0.15, -0.1) is 0 Å². The predicted molar refractivity (Wildman–Crippen MR) is 103 cm³/mol. The summed E-state index contributed by atoms with van der Waals surface area (Å²) in [7, 11) is 0. The fourth-order valence-corrected chi connectivity index (χ4v) is 2.43. The van der Waals surface area contributed by atoms with Crippen LogP contribution in [0.25, 0.3) is 0 Å². The van der Waals surface area contributed by atoms with Gasteiger partial charge in [-0.05, 0) is 66.3 Å². The first kappa shape index (κ1) is 18.5. The van der Waals surface area contributed by atoms with E-state index in [-0.39, 0.29) is 18.2 Å². The number of hydrogen-bond donors (Lipinski definition) is 3. The third-order valence-corrected chi connectivity index (χ3v) is 3.83. The Balaban J connectivity index is 1.50. The number of carbonyl (C=O) groups excluding carboxylic acids is 1. The zero-order valence-electron chi connectivity index (χ0n) is 14.0. The van der Waals surface area contributed by atoms with Crippen LogP contribution in [0.3, 0.4) is 0 Å². The topological polar surface area (TPSA) is 66.3 Å². The van der Waals surface area contributed by atoms with E-state index in [4.69, 9.17) is 16.6 Å². The summed E-state index contributed by atoms with van der Waals surface area (Å²) in [5, 5.41) is 8.91. The van der Waals surface area contributed by atoms with Gasteiger partial charge in [0.25, 0.3) is 5.91 Å². The minimum Gasteiger partial charge on any atom is -0.459 e. The molecule has 1 aromatic heterocycles. The van der Waals surface area contributed by atoms with Crippen LogP contribution in [0.4, 0.5) is 20.2 Å². The van der Waals surface area contributed by atoms with Crippen LogP contribution in [0.15, 0.2) is 65.3 Å². The lowest BCUT2D eigenvalue weighted by atomic mass is 10.2. The maximum absolute atomic E-state index is 13.2. The van der Waals surface area contributed by atoms with Crippen molar-refractivity contribution in [1.29, 1.82) is 0 Å². The number of anilines is 2. The number of furan rings is 1. The molecule has 0 unspecified atom stereocenters. The van der Waals surface area contributed by atoms with Gasteiger partial charge in [0.2, 0.25) is 0 Å². The standard InChI is InChI=1S/C19H15F2N3O2S/c20-15-8-3-12(10-16(15)21)11-22-19(27)24-14-6-4-13(5-7-14)23-18(25)17-2-1-9-26-17/h1-10H,11H2,(H,23,25)(H2,22,24,27). The van der Waals surface area contributed by atoms with E-state index in [9.17, 15) is 13.6 Å². The summed E-state index contributed by atoms with van der Waals surface area (Å²) in [4.78, 5) is 11.9. The molecule has 5 nitrogen and oxygen atoms in total. The van der Waals surface area contributed by atoms with Gasteiger partial charge in [-0.25, -0.2) is 8.78 Å². The number of thiocarbonyl (C=S) groups is 1. The molecule has 138 valence electrons. The van der Waals surface area contributed by atoms with Crippen LogP contribution in [-0.4, -0.2) is 11.0 Å². The molecule has 2 aromatic carbocycles. The van der Waals surface area contributed by atoms with Crippen molar-refractivity contribution < 1.29 is 18.0 Å².